The molecule has 0 saturated heterocycles. The molecule has 0 unspecified atom stereocenters. The first-order valence-electron chi connectivity index (χ1n) is 11.3. The fourth-order valence-electron chi connectivity index (χ4n) is 4.45. The van der Waals surface area contributed by atoms with Gasteiger partial charge in [-0.1, -0.05) is 24.6 Å². The van der Waals surface area contributed by atoms with Crippen LogP contribution in [0.1, 0.15) is 66.3 Å². The van der Waals surface area contributed by atoms with Gasteiger partial charge in [0.15, 0.2) is 0 Å². The maximum Gasteiger partial charge on any atom is 0.259 e. The van der Waals surface area contributed by atoms with Crippen molar-refractivity contribution in [3.8, 4) is 11.8 Å². The van der Waals surface area contributed by atoms with Crippen LogP contribution in [0, 0.1) is 25.2 Å². The molecule has 1 saturated carbocycles. The molecule has 1 aliphatic carbocycles. The number of aliphatic hydroxyl groups is 1. The van der Waals surface area contributed by atoms with E-state index in [9.17, 15) is 15.2 Å². The molecule has 0 spiro atoms. The molecule has 1 fully saturated rings. The zero-order valence-corrected chi connectivity index (χ0v) is 19.3. The molecule has 1 aromatic carbocycles. The van der Waals surface area contributed by atoms with Crippen LogP contribution in [-0.4, -0.2) is 31.4 Å². The lowest BCUT2D eigenvalue weighted by atomic mass is 9.67. The van der Waals surface area contributed by atoms with Crippen LogP contribution in [0.2, 0.25) is 0 Å². The lowest BCUT2D eigenvalue weighted by molar-refractivity contribution is -0.0124. The van der Waals surface area contributed by atoms with Crippen LogP contribution in [0.25, 0.3) is 5.69 Å². The first-order valence-corrected chi connectivity index (χ1v) is 11.3. The topological polar surface area (TPSA) is 104 Å². The zero-order chi connectivity index (χ0) is 23.6. The quantitative estimate of drug-likeness (QED) is 0.599. The van der Waals surface area contributed by atoms with Crippen molar-refractivity contribution >= 4 is 11.6 Å². The summed E-state index contributed by atoms with van der Waals surface area (Å²) >= 11 is 0. The Labute approximate surface area is 194 Å². The number of hydrogen-bond acceptors (Lipinski definition) is 5. The number of amides is 1. The van der Waals surface area contributed by atoms with Crippen molar-refractivity contribution in [1.82, 2.24) is 14.8 Å². The third-order valence-electron chi connectivity index (χ3n) is 6.95. The fraction of sp³-hybridized carbons (Fsp3) is 0.385. The lowest BCUT2D eigenvalue weighted by Gasteiger charge is -2.39. The number of pyridine rings is 1. The van der Waals surface area contributed by atoms with Crippen LogP contribution in [0.15, 0.2) is 48.8 Å². The summed E-state index contributed by atoms with van der Waals surface area (Å²) in [7, 11) is 0. The number of nitrogens with zero attached hydrogens (tertiary/aromatic N) is 4. The summed E-state index contributed by atoms with van der Waals surface area (Å²) in [6.07, 6.45) is 6.16. The van der Waals surface area contributed by atoms with Gasteiger partial charge in [-0.3, -0.25) is 9.78 Å². The summed E-state index contributed by atoms with van der Waals surface area (Å²) in [5, 5.41) is 27.7. The monoisotopic (exact) mass is 443 g/mol. The van der Waals surface area contributed by atoms with Gasteiger partial charge < -0.3 is 10.4 Å². The number of aryl methyl sites for hydroxylation is 1. The molecule has 0 aliphatic heterocycles. The van der Waals surface area contributed by atoms with Gasteiger partial charge in [-0.2, -0.15) is 10.4 Å². The Morgan fingerprint density at radius 3 is 2.39 bits per heavy atom. The second-order valence-corrected chi connectivity index (χ2v) is 9.05. The van der Waals surface area contributed by atoms with Crippen LogP contribution in [0.5, 0.6) is 0 Å². The molecule has 3 aromatic rings. The molecule has 1 aliphatic rings. The first-order chi connectivity index (χ1) is 15.8. The van der Waals surface area contributed by atoms with Crippen molar-refractivity contribution in [2.75, 3.05) is 5.32 Å². The van der Waals surface area contributed by atoms with E-state index < -0.39 is 11.0 Å². The summed E-state index contributed by atoms with van der Waals surface area (Å²) in [5.41, 5.74) is 3.14. The van der Waals surface area contributed by atoms with E-state index in [4.69, 9.17) is 0 Å². The van der Waals surface area contributed by atoms with E-state index in [0.29, 0.717) is 49.0 Å². The van der Waals surface area contributed by atoms with Crippen molar-refractivity contribution in [2.45, 2.75) is 63.9 Å². The molecule has 0 bridgehead atoms. The number of benzene rings is 1. The van der Waals surface area contributed by atoms with Gasteiger partial charge in [0, 0.05) is 0 Å². The summed E-state index contributed by atoms with van der Waals surface area (Å²) in [4.78, 5) is 17.4. The number of rotatable bonds is 5. The lowest BCUT2D eigenvalue weighted by Crippen LogP contribution is -2.40. The summed E-state index contributed by atoms with van der Waals surface area (Å²) < 4.78 is 1.74. The average Bonchev–Trinajstić information content (AvgIpc) is 3.22. The zero-order valence-electron chi connectivity index (χ0n) is 19.3. The van der Waals surface area contributed by atoms with Crippen LogP contribution < -0.4 is 5.32 Å². The number of carbonyl (C=O) groups excluding carboxylic acids is 1. The van der Waals surface area contributed by atoms with Crippen molar-refractivity contribution < 1.29 is 9.90 Å². The van der Waals surface area contributed by atoms with E-state index in [0.717, 1.165) is 16.9 Å². The summed E-state index contributed by atoms with van der Waals surface area (Å²) in [6.45, 7) is 5.86. The number of aromatic nitrogens is 3. The molecule has 2 aromatic heterocycles. The molecule has 4 rings (SSSR count). The summed E-state index contributed by atoms with van der Waals surface area (Å²) in [5.74, 6) is -0.263. The highest BCUT2D eigenvalue weighted by Gasteiger charge is 2.43. The van der Waals surface area contributed by atoms with Crippen LogP contribution in [0.3, 0.4) is 0 Å². The fourth-order valence-corrected chi connectivity index (χ4v) is 4.45. The van der Waals surface area contributed by atoms with Crippen molar-refractivity contribution in [1.29, 1.82) is 5.26 Å². The molecular weight excluding hydrogens is 414 g/mol. The maximum absolute atomic E-state index is 12.9. The minimum atomic E-state index is -0.699. The Bertz CT molecular complexity index is 1180. The molecule has 2 N–H and O–H groups in total. The van der Waals surface area contributed by atoms with E-state index in [2.05, 4.69) is 21.5 Å². The van der Waals surface area contributed by atoms with Crippen LogP contribution in [0.4, 0.5) is 5.69 Å². The Hall–Kier alpha value is -3.50. The molecule has 7 heteroatoms. The van der Waals surface area contributed by atoms with E-state index in [1.165, 1.54) is 0 Å². The highest BCUT2D eigenvalue weighted by molar-refractivity contribution is 6.04. The Morgan fingerprint density at radius 1 is 1.12 bits per heavy atom. The number of carbonyl (C=O) groups is 1. The standard InChI is InChI=1S/C26H29N5O2/c1-4-26(33)13-11-25(17-27,12-14-26)23-10-7-20(15-28-23)30-24(32)22-16-29-31(19(22)3)21-8-5-18(2)6-9-21/h5-10,15-16,33H,4,11-14H2,1-3H3,(H,30,32)/t25-,26-. The number of nitrogens with one attached hydrogen (secondary N) is 1. The number of anilines is 1. The van der Waals surface area contributed by atoms with Crippen molar-refractivity contribution in [3.05, 3.63) is 71.3 Å². The van der Waals surface area contributed by atoms with Gasteiger partial charge in [0.1, 0.15) is 0 Å². The molecule has 0 atom stereocenters. The van der Waals surface area contributed by atoms with Gasteiger partial charge in [-0.05, 0) is 70.2 Å². The second kappa shape index (κ2) is 8.80. The van der Waals surface area contributed by atoms with Crippen molar-refractivity contribution in [3.63, 3.8) is 0 Å². The Kier molecular flexibility index (Phi) is 6.05. The SMILES string of the molecule is CC[C@]1(O)CC[C@](C#N)(c2ccc(NC(=O)c3cnn(-c4ccc(C)cc4)c3C)cn2)CC1. The third kappa shape index (κ3) is 4.39. The highest BCUT2D eigenvalue weighted by atomic mass is 16.3. The minimum Gasteiger partial charge on any atom is -0.390 e. The van der Waals surface area contributed by atoms with Gasteiger partial charge in [-0.25, -0.2) is 4.68 Å². The third-order valence-corrected chi connectivity index (χ3v) is 6.95. The molecule has 7 nitrogen and oxygen atoms in total. The van der Waals surface area contributed by atoms with E-state index in [1.807, 2.05) is 45.0 Å². The minimum absolute atomic E-state index is 0.263. The van der Waals surface area contributed by atoms with Gasteiger partial charge in [0.2, 0.25) is 0 Å². The van der Waals surface area contributed by atoms with E-state index >= 15 is 0 Å². The Morgan fingerprint density at radius 2 is 1.82 bits per heavy atom. The average molecular weight is 444 g/mol. The summed E-state index contributed by atoms with van der Waals surface area (Å²) in [6, 6.07) is 14.0. The maximum atomic E-state index is 12.9. The van der Waals surface area contributed by atoms with Gasteiger partial charge in [0.05, 0.1) is 57.8 Å². The molecule has 170 valence electrons. The second-order valence-electron chi connectivity index (χ2n) is 9.05. The van der Waals surface area contributed by atoms with Gasteiger partial charge >= 0.3 is 0 Å². The predicted molar refractivity (Wildman–Crippen MR) is 126 cm³/mol. The van der Waals surface area contributed by atoms with Crippen molar-refractivity contribution in [2.24, 2.45) is 0 Å². The number of nitriles is 1. The molecule has 1 amide bonds. The highest BCUT2D eigenvalue weighted by Crippen LogP contribution is 2.43. The molecule has 33 heavy (non-hydrogen) atoms. The van der Waals surface area contributed by atoms with Crippen LogP contribution in [-0.2, 0) is 5.41 Å². The van der Waals surface area contributed by atoms with E-state index in [1.54, 1.807) is 29.2 Å². The first kappa shape index (κ1) is 22.7. The normalized spacial score (nSPS) is 22.5. The molecule has 2 heterocycles. The Balaban J connectivity index is 1.48. The van der Waals surface area contributed by atoms with E-state index in [-0.39, 0.29) is 5.91 Å². The van der Waals surface area contributed by atoms with Gasteiger partial charge in [-0.15, -0.1) is 0 Å². The van der Waals surface area contributed by atoms with Crippen LogP contribution >= 0.6 is 0 Å². The van der Waals surface area contributed by atoms with Gasteiger partial charge in [0.25, 0.3) is 5.91 Å². The smallest absolute Gasteiger partial charge is 0.259 e. The predicted octanol–water partition coefficient (Wildman–Crippen LogP) is 4.61. The molecular formula is C26H29N5O2. The number of hydrogen-bond donors (Lipinski definition) is 2. The molecule has 0 radical (unpaired) electrons. The largest absolute Gasteiger partial charge is 0.390 e.